The van der Waals surface area contributed by atoms with Crippen LogP contribution in [0.15, 0.2) is 30.3 Å². The number of hydrogen-bond acceptors (Lipinski definition) is 3. The van der Waals surface area contributed by atoms with Gasteiger partial charge in [0.05, 0.1) is 11.6 Å². The first kappa shape index (κ1) is 13.7. The second kappa shape index (κ2) is 5.98. The van der Waals surface area contributed by atoms with E-state index in [9.17, 15) is 0 Å². The largest absolute Gasteiger partial charge is 0.355 e. The Balaban J connectivity index is 2.04. The molecule has 1 fully saturated rings. The number of hydrogen-bond donors (Lipinski definition) is 0. The fourth-order valence-corrected chi connectivity index (χ4v) is 2.94. The highest BCUT2D eigenvalue weighted by molar-refractivity contribution is 6.17. The zero-order valence-corrected chi connectivity index (χ0v) is 12.6. The Morgan fingerprint density at radius 1 is 1.15 bits per heavy atom. The number of aromatic nitrogens is 1. The Labute approximate surface area is 125 Å². The Kier molecular flexibility index (Phi) is 4.08. The average Bonchev–Trinajstić information content (AvgIpc) is 2.71. The summed E-state index contributed by atoms with van der Waals surface area (Å²) >= 11 is 6.00. The van der Waals surface area contributed by atoms with Crippen molar-refractivity contribution in [1.29, 1.82) is 0 Å². The van der Waals surface area contributed by atoms with E-state index in [1.54, 1.807) is 0 Å². The van der Waals surface area contributed by atoms with Crippen LogP contribution in [0.2, 0.25) is 0 Å². The molecule has 1 aliphatic heterocycles. The van der Waals surface area contributed by atoms with E-state index in [2.05, 4.69) is 47.2 Å². The monoisotopic (exact) mass is 289 g/mol. The van der Waals surface area contributed by atoms with Crippen molar-refractivity contribution in [2.45, 2.75) is 12.3 Å². The summed E-state index contributed by atoms with van der Waals surface area (Å²) in [6.45, 7) is 4.33. The standard InChI is InChI=1S/C16H20ClN3/c1-19-7-4-8-20(10-9-19)16-15-6-3-2-5-13(15)11-14(12-17)18-16/h2-3,5-6,11H,4,7-10,12H2,1H3. The van der Waals surface area contributed by atoms with Crippen LogP contribution >= 0.6 is 11.6 Å². The van der Waals surface area contributed by atoms with Crippen molar-refractivity contribution in [2.24, 2.45) is 0 Å². The zero-order valence-electron chi connectivity index (χ0n) is 11.8. The molecule has 20 heavy (non-hydrogen) atoms. The molecule has 1 saturated heterocycles. The van der Waals surface area contributed by atoms with Gasteiger partial charge in [0.1, 0.15) is 5.82 Å². The summed E-state index contributed by atoms with van der Waals surface area (Å²) < 4.78 is 0. The summed E-state index contributed by atoms with van der Waals surface area (Å²) in [6.07, 6.45) is 1.18. The first-order valence-corrected chi connectivity index (χ1v) is 7.69. The molecule has 0 atom stereocenters. The molecule has 0 unspecified atom stereocenters. The lowest BCUT2D eigenvalue weighted by atomic mass is 10.1. The molecule has 0 saturated carbocycles. The van der Waals surface area contributed by atoms with Crippen LogP contribution in [-0.2, 0) is 5.88 Å². The molecule has 0 radical (unpaired) electrons. The van der Waals surface area contributed by atoms with Crippen molar-refractivity contribution in [1.82, 2.24) is 9.88 Å². The highest BCUT2D eigenvalue weighted by atomic mass is 35.5. The first-order valence-electron chi connectivity index (χ1n) is 7.16. The van der Waals surface area contributed by atoms with E-state index in [-0.39, 0.29) is 0 Å². The Hall–Kier alpha value is -1.32. The second-order valence-electron chi connectivity index (χ2n) is 5.44. The maximum Gasteiger partial charge on any atom is 0.136 e. The van der Waals surface area contributed by atoms with E-state index >= 15 is 0 Å². The van der Waals surface area contributed by atoms with E-state index in [4.69, 9.17) is 16.6 Å². The van der Waals surface area contributed by atoms with Gasteiger partial charge in [0, 0.05) is 25.0 Å². The van der Waals surface area contributed by atoms with Gasteiger partial charge in [-0.1, -0.05) is 24.3 Å². The summed E-state index contributed by atoms with van der Waals surface area (Å²) in [5.41, 5.74) is 0.956. The maximum atomic E-state index is 6.00. The van der Waals surface area contributed by atoms with Crippen molar-refractivity contribution in [2.75, 3.05) is 38.1 Å². The number of anilines is 1. The molecular weight excluding hydrogens is 270 g/mol. The third kappa shape index (κ3) is 2.74. The highest BCUT2D eigenvalue weighted by Crippen LogP contribution is 2.27. The van der Waals surface area contributed by atoms with Crippen molar-refractivity contribution < 1.29 is 0 Å². The zero-order chi connectivity index (χ0) is 13.9. The smallest absolute Gasteiger partial charge is 0.136 e. The van der Waals surface area contributed by atoms with Crippen LogP contribution in [-0.4, -0.2) is 43.1 Å². The second-order valence-corrected chi connectivity index (χ2v) is 5.70. The van der Waals surface area contributed by atoms with Gasteiger partial charge in [0.15, 0.2) is 0 Å². The predicted octanol–water partition coefficient (Wildman–Crippen LogP) is 3.12. The molecule has 4 heteroatoms. The number of halogens is 1. The van der Waals surface area contributed by atoms with Gasteiger partial charge in [0.25, 0.3) is 0 Å². The molecule has 1 aliphatic rings. The van der Waals surface area contributed by atoms with Crippen LogP contribution in [0.3, 0.4) is 0 Å². The van der Waals surface area contributed by atoms with Crippen molar-refractivity contribution >= 4 is 28.2 Å². The van der Waals surface area contributed by atoms with Gasteiger partial charge < -0.3 is 9.80 Å². The molecule has 0 aliphatic carbocycles. The average molecular weight is 290 g/mol. The van der Waals surface area contributed by atoms with Crippen LogP contribution in [0, 0.1) is 0 Å². The molecule has 0 amide bonds. The lowest BCUT2D eigenvalue weighted by molar-refractivity contribution is 0.360. The van der Waals surface area contributed by atoms with Crippen LogP contribution < -0.4 is 4.90 Å². The van der Waals surface area contributed by atoms with E-state index in [1.165, 1.54) is 17.2 Å². The molecule has 106 valence electrons. The summed E-state index contributed by atoms with van der Waals surface area (Å²) in [5.74, 6) is 1.56. The maximum absolute atomic E-state index is 6.00. The fourth-order valence-electron chi connectivity index (χ4n) is 2.80. The van der Waals surface area contributed by atoms with E-state index in [0.717, 1.165) is 37.7 Å². The van der Waals surface area contributed by atoms with Crippen LogP contribution in [0.25, 0.3) is 10.8 Å². The summed E-state index contributed by atoms with van der Waals surface area (Å²) in [5, 5.41) is 2.46. The minimum Gasteiger partial charge on any atom is -0.355 e. The lowest BCUT2D eigenvalue weighted by Crippen LogP contribution is -2.29. The molecule has 0 bridgehead atoms. The fraction of sp³-hybridized carbons (Fsp3) is 0.438. The van der Waals surface area contributed by atoms with Gasteiger partial charge in [-0.2, -0.15) is 0 Å². The Morgan fingerprint density at radius 3 is 2.85 bits per heavy atom. The summed E-state index contributed by atoms with van der Waals surface area (Å²) in [6, 6.07) is 10.5. The minimum atomic E-state index is 0.464. The molecule has 2 heterocycles. The number of fused-ring (bicyclic) bond motifs is 1. The van der Waals surface area contributed by atoms with E-state index < -0.39 is 0 Å². The SMILES string of the molecule is CN1CCCN(c2nc(CCl)cc3ccccc23)CC1. The summed E-state index contributed by atoms with van der Waals surface area (Å²) in [7, 11) is 2.18. The molecule has 3 rings (SSSR count). The van der Waals surface area contributed by atoms with E-state index in [0.29, 0.717) is 5.88 Å². The highest BCUT2D eigenvalue weighted by Gasteiger charge is 2.16. The van der Waals surface area contributed by atoms with Gasteiger partial charge in [-0.15, -0.1) is 11.6 Å². The number of pyridine rings is 1. The number of likely N-dealkylation sites (N-methyl/N-ethyl adjacent to an activating group) is 1. The van der Waals surface area contributed by atoms with Crippen LogP contribution in [0.4, 0.5) is 5.82 Å². The normalized spacial score (nSPS) is 17.4. The van der Waals surface area contributed by atoms with Gasteiger partial charge in [-0.3, -0.25) is 0 Å². The molecular formula is C16H20ClN3. The number of alkyl halides is 1. The third-order valence-corrected chi connectivity index (χ3v) is 4.20. The number of nitrogens with zero attached hydrogens (tertiary/aromatic N) is 3. The van der Waals surface area contributed by atoms with Gasteiger partial charge >= 0.3 is 0 Å². The molecule has 1 aromatic carbocycles. The van der Waals surface area contributed by atoms with Gasteiger partial charge in [0.2, 0.25) is 0 Å². The number of benzene rings is 1. The molecule has 0 N–H and O–H groups in total. The molecule has 2 aromatic rings. The Bertz CT molecular complexity index is 599. The van der Waals surface area contributed by atoms with E-state index in [1.807, 2.05) is 0 Å². The van der Waals surface area contributed by atoms with Gasteiger partial charge in [-0.25, -0.2) is 4.98 Å². The lowest BCUT2D eigenvalue weighted by Gasteiger charge is -2.23. The van der Waals surface area contributed by atoms with Crippen LogP contribution in [0.5, 0.6) is 0 Å². The van der Waals surface area contributed by atoms with Crippen molar-refractivity contribution in [3.8, 4) is 0 Å². The first-order chi connectivity index (χ1) is 9.78. The van der Waals surface area contributed by atoms with Crippen LogP contribution in [0.1, 0.15) is 12.1 Å². The molecule has 3 nitrogen and oxygen atoms in total. The molecule has 1 aromatic heterocycles. The van der Waals surface area contributed by atoms with Gasteiger partial charge in [-0.05, 0) is 31.5 Å². The third-order valence-electron chi connectivity index (χ3n) is 3.93. The molecule has 0 spiro atoms. The van der Waals surface area contributed by atoms with Crippen molar-refractivity contribution in [3.05, 3.63) is 36.0 Å². The predicted molar refractivity (Wildman–Crippen MR) is 85.6 cm³/mol. The minimum absolute atomic E-state index is 0.464. The quantitative estimate of drug-likeness (QED) is 0.792. The number of rotatable bonds is 2. The van der Waals surface area contributed by atoms with Crippen molar-refractivity contribution in [3.63, 3.8) is 0 Å². The summed E-state index contributed by atoms with van der Waals surface area (Å²) in [4.78, 5) is 9.57. The topological polar surface area (TPSA) is 19.4 Å². The Morgan fingerprint density at radius 2 is 2.00 bits per heavy atom.